The topological polar surface area (TPSA) is 39.2 Å². The van der Waals surface area contributed by atoms with Crippen molar-refractivity contribution < 1.29 is 9.53 Å². The second-order valence-electron chi connectivity index (χ2n) is 3.86. The highest BCUT2D eigenvalue weighted by Gasteiger charge is 2.10. The lowest BCUT2D eigenvalue weighted by atomic mass is 10.1. The maximum absolute atomic E-state index is 10.7. The van der Waals surface area contributed by atoms with Crippen molar-refractivity contribution in [2.75, 3.05) is 0 Å². The number of ether oxygens (including phenoxy) is 1. The van der Waals surface area contributed by atoms with Crippen LogP contribution in [0.5, 0.6) is 10.9 Å². The summed E-state index contributed by atoms with van der Waals surface area (Å²) in [7, 11) is 0. The van der Waals surface area contributed by atoms with E-state index in [-0.39, 0.29) is 5.15 Å². The van der Waals surface area contributed by atoms with Gasteiger partial charge in [-0.1, -0.05) is 53.3 Å². The molecule has 3 rings (SSSR count). The van der Waals surface area contributed by atoms with E-state index in [1.54, 1.807) is 0 Å². The molecule has 0 atom stereocenters. The number of carbonyl (C=O) groups excluding carboxylic acids is 1. The third kappa shape index (κ3) is 2.45. The molecule has 0 bridgehead atoms. The maximum Gasteiger partial charge on any atom is 0.280 e. The lowest BCUT2D eigenvalue weighted by Gasteiger charge is -2.03. The van der Waals surface area contributed by atoms with Crippen molar-refractivity contribution in [3.63, 3.8) is 0 Å². The summed E-state index contributed by atoms with van der Waals surface area (Å²) in [6, 6.07) is 13.7. The molecule has 5 heteroatoms. The molecule has 0 aliphatic heterocycles. The zero-order valence-electron chi connectivity index (χ0n) is 9.67. The average molecular weight is 290 g/mol. The zero-order valence-corrected chi connectivity index (χ0v) is 11.2. The van der Waals surface area contributed by atoms with Crippen molar-refractivity contribution in [2.24, 2.45) is 0 Å². The summed E-state index contributed by atoms with van der Waals surface area (Å²) >= 11 is 6.92. The van der Waals surface area contributed by atoms with Crippen molar-refractivity contribution in [2.45, 2.75) is 0 Å². The van der Waals surface area contributed by atoms with Crippen molar-refractivity contribution >= 4 is 40.0 Å². The van der Waals surface area contributed by atoms with Gasteiger partial charge in [0, 0.05) is 0 Å². The van der Waals surface area contributed by atoms with Gasteiger partial charge in [0.15, 0.2) is 11.4 Å². The minimum absolute atomic E-state index is 0.177. The number of halogens is 1. The quantitative estimate of drug-likeness (QED) is 0.664. The minimum Gasteiger partial charge on any atom is -0.431 e. The Morgan fingerprint density at radius 3 is 2.68 bits per heavy atom. The van der Waals surface area contributed by atoms with E-state index in [0.29, 0.717) is 22.1 Å². The van der Waals surface area contributed by atoms with Crippen LogP contribution in [0.1, 0.15) is 9.67 Å². The Morgan fingerprint density at radius 2 is 1.95 bits per heavy atom. The summed E-state index contributed by atoms with van der Waals surface area (Å²) in [4.78, 5) is 15.1. The predicted molar refractivity (Wildman–Crippen MR) is 76.5 cm³/mol. The van der Waals surface area contributed by atoms with E-state index in [0.717, 1.165) is 22.1 Å². The molecule has 0 amide bonds. The molecule has 0 saturated carbocycles. The lowest BCUT2D eigenvalue weighted by Crippen LogP contribution is -1.83. The van der Waals surface area contributed by atoms with E-state index in [1.165, 1.54) is 0 Å². The molecule has 3 nitrogen and oxygen atoms in total. The first-order valence-electron chi connectivity index (χ1n) is 5.54. The molecule has 0 unspecified atom stereocenters. The van der Waals surface area contributed by atoms with Crippen LogP contribution in [-0.2, 0) is 0 Å². The van der Waals surface area contributed by atoms with Gasteiger partial charge in [0.05, 0.1) is 0 Å². The molecular formula is C14H8ClNO2S. The number of thiazole rings is 1. The van der Waals surface area contributed by atoms with Crippen LogP contribution in [0.2, 0.25) is 5.15 Å². The van der Waals surface area contributed by atoms with Gasteiger partial charge in [0.1, 0.15) is 10.6 Å². The molecule has 0 aliphatic rings. The van der Waals surface area contributed by atoms with E-state index < -0.39 is 0 Å². The Labute approximate surface area is 118 Å². The van der Waals surface area contributed by atoms with Crippen molar-refractivity contribution in [3.05, 3.63) is 52.5 Å². The number of benzene rings is 2. The van der Waals surface area contributed by atoms with Gasteiger partial charge >= 0.3 is 0 Å². The van der Waals surface area contributed by atoms with Crippen LogP contribution in [0.25, 0.3) is 10.8 Å². The van der Waals surface area contributed by atoms with Crippen LogP contribution in [0.3, 0.4) is 0 Å². The Bertz CT molecular complexity index is 754. The molecule has 0 fully saturated rings. The maximum atomic E-state index is 10.7. The van der Waals surface area contributed by atoms with E-state index in [2.05, 4.69) is 4.98 Å². The van der Waals surface area contributed by atoms with Gasteiger partial charge < -0.3 is 4.74 Å². The van der Waals surface area contributed by atoms with Gasteiger partial charge in [-0.25, -0.2) is 0 Å². The van der Waals surface area contributed by atoms with E-state index >= 15 is 0 Å². The normalized spacial score (nSPS) is 10.6. The minimum atomic E-state index is 0.177. The number of hydrogen-bond donors (Lipinski definition) is 0. The van der Waals surface area contributed by atoms with Crippen LogP contribution >= 0.6 is 22.9 Å². The van der Waals surface area contributed by atoms with Crippen molar-refractivity contribution in [1.82, 2.24) is 4.98 Å². The Morgan fingerprint density at radius 1 is 1.16 bits per heavy atom. The first-order chi connectivity index (χ1) is 9.26. The number of fused-ring (bicyclic) bond motifs is 1. The number of aldehydes is 1. The van der Waals surface area contributed by atoms with Crippen LogP contribution in [0.15, 0.2) is 42.5 Å². The highest BCUT2D eigenvalue weighted by molar-refractivity contribution is 7.15. The Hall–Kier alpha value is -1.91. The SMILES string of the molecule is O=Cc1sc(Oc2ccc3ccccc3c2)nc1Cl. The van der Waals surface area contributed by atoms with Gasteiger partial charge in [-0.3, -0.25) is 4.79 Å². The monoisotopic (exact) mass is 289 g/mol. The van der Waals surface area contributed by atoms with E-state index in [9.17, 15) is 4.79 Å². The molecule has 0 spiro atoms. The number of carbonyl (C=O) groups is 1. The average Bonchev–Trinajstić information content (AvgIpc) is 2.78. The second-order valence-corrected chi connectivity index (χ2v) is 5.21. The standard InChI is InChI=1S/C14H8ClNO2S/c15-13-12(8-17)19-14(16-13)18-11-6-5-9-3-1-2-4-10(9)7-11/h1-8H. The summed E-state index contributed by atoms with van der Waals surface area (Å²) in [6.07, 6.45) is 0.674. The summed E-state index contributed by atoms with van der Waals surface area (Å²) in [5.74, 6) is 0.668. The molecule has 1 heterocycles. The number of hydrogen-bond acceptors (Lipinski definition) is 4. The second kappa shape index (κ2) is 4.99. The van der Waals surface area contributed by atoms with Gasteiger partial charge in [0.25, 0.3) is 5.19 Å². The number of aromatic nitrogens is 1. The molecule has 19 heavy (non-hydrogen) atoms. The van der Waals surface area contributed by atoms with Gasteiger partial charge in [-0.05, 0) is 22.9 Å². The summed E-state index contributed by atoms with van der Waals surface area (Å²) in [6.45, 7) is 0. The molecule has 3 aromatic rings. The van der Waals surface area contributed by atoms with Crippen LogP contribution in [0.4, 0.5) is 0 Å². The molecule has 2 aromatic carbocycles. The lowest BCUT2D eigenvalue weighted by molar-refractivity contribution is 0.112. The molecule has 94 valence electrons. The van der Waals surface area contributed by atoms with Crippen LogP contribution in [-0.4, -0.2) is 11.3 Å². The molecule has 0 radical (unpaired) electrons. The first kappa shape index (κ1) is 12.1. The van der Waals surface area contributed by atoms with Crippen LogP contribution < -0.4 is 4.74 Å². The molecule has 0 aliphatic carbocycles. The van der Waals surface area contributed by atoms with Gasteiger partial charge in [-0.2, -0.15) is 4.98 Å². The molecule has 0 N–H and O–H groups in total. The molecule has 0 saturated heterocycles. The summed E-state index contributed by atoms with van der Waals surface area (Å²) < 4.78 is 5.61. The van der Waals surface area contributed by atoms with Gasteiger partial charge in [0.2, 0.25) is 0 Å². The fourth-order valence-electron chi connectivity index (χ4n) is 1.74. The summed E-state index contributed by atoms with van der Waals surface area (Å²) in [5.41, 5.74) is 0. The van der Waals surface area contributed by atoms with Crippen LogP contribution in [0, 0.1) is 0 Å². The Balaban J connectivity index is 1.93. The highest BCUT2D eigenvalue weighted by atomic mass is 35.5. The number of nitrogens with zero attached hydrogens (tertiary/aromatic N) is 1. The molecule has 1 aromatic heterocycles. The Kier molecular flexibility index (Phi) is 3.19. The number of rotatable bonds is 3. The smallest absolute Gasteiger partial charge is 0.280 e. The fourth-order valence-corrected chi connectivity index (χ4v) is 2.67. The fraction of sp³-hybridized carbons (Fsp3) is 0. The van der Waals surface area contributed by atoms with E-state index in [1.807, 2.05) is 42.5 Å². The molecular weight excluding hydrogens is 282 g/mol. The van der Waals surface area contributed by atoms with E-state index in [4.69, 9.17) is 16.3 Å². The van der Waals surface area contributed by atoms with Gasteiger partial charge in [-0.15, -0.1) is 0 Å². The zero-order chi connectivity index (χ0) is 13.2. The predicted octanol–water partition coefficient (Wildman–Crippen LogP) is 4.55. The third-order valence-corrected chi connectivity index (χ3v) is 3.88. The summed E-state index contributed by atoms with van der Waals surface area (Å²) in [5, 5.41) is 2.76. The third-order valence-electron chi connectivity index (χ3n) is 2.62. The largest absolute Gasteiger partial charge is 0.431 e. The highest BCUT2D eigenvalue weighted by Crippen LogP contribution is 2.32. The van der Waals surface area contributed by atoms with Crippen molar-refractivity contribution in [1.29, 1.82) is 0 Å². The first-order valence-corrected chi connectivity index (χ1v) is 6.74. The van der Waals surface area contributed by atoms with Crippen molar-refractivity contribution in [3.8, 4) is 10.9 Å².